The highest BCUT2D eigenvalue weighted by Gasteiger charge is 2.30. The van der Waals surface area contributed by atoms with E-state index in [-0.39, 0.29) is 30.2 Å². The smallest absolute Gasteiger partial charge is 0.323 e. The van der Waals surface area contributed by atoms with Crippen molar-refractivity contribution < 1.29 is 19.1 Å². The zero-order valence-electron chi connectivity index (χ0n) is 17.2. The zero-order chi connectivity index (χ0) is 21.5. The first-order valence-corrected chi connectivity index (χ1v) is 10.9. The Labute approximate surface area is 179 Å². The Bertz CT molecular complexity index is 1180. The van der Waals surface area contributed by atoms with Gasteiger partial charge in [0, 0.05) is 28.6 Å². The summed E-state index contributed by atoms with van der Waals surface area (Å²) in [4.78, 5) is 24.4. The van der Waals surface area contributed by atoms with Crippen molar-refractivity contribution in [3.8, 4) is 0 Å². The van der Waals surface area contributed by atoms with Gasteiger partial charge in [0.1, 0.15) is 12.4 Å². The summed E-state index contributed by atoms with van der Waals surface area (Å²) >= 11 is 0. The summed E-state index contributed by atoms with van der Waals surface area (Å²) in [6.07, 6.45) is 4.55. The van der Waals surface area contributed by atoms with Crippen LogP contribution in [0.15, 0.2) is 42.5 Å². The van der Waals surface area contributed by atoms with Gasteiger partial charge in [-0.05, 0) is 73.4 Å². The number of aromatic nitrogens is 1. The Hall–Kier alpha value is -3.15. The van der Waals surface area contributed by atoms with Gasteiger partial charge in [0.05, 0.1) is 0 Å². The average Bonchev–Trinajstić information content (AvgIpc) is 3.05. The quantitative estimate of drug-likeness (QED) is 0.677. The number of hydrogen-bond donors (Lipinski definition) is 2. The molecule has 1 aromatic heterocycles. The number of carboxylic acid groups (broad SMARTS) is 1. The predicted molar refractivity (Wildman–Crippen MR) is 115 cm³/mol. The van der Waals surface area contributed by atoms with Crippen LogP contribution >= 0.6 is 0 Å². The molecular formula is C25H25FN2O3. The number of halogens is 1. The van der Waals surface area contributed by atoms with E-state index < -0.39 is 5.97 Å². The van der Waals surface area contributed by atoms with E-state index in [2.05, 4.69) is 17.4 Å². The molecule has 6 heteroatoms. The number of aliphatic carboxylic acids is 1. The second-order valence-electron chi connectivity index (χ2n) is 8.72. The third-order valence-corrected chi connectivity index (χ3v) is 6.79. The minimum Gasteiger partial charge on any atom is -0.480 e. The lowest BCUT2D eigenvalue weighted by atomic mass is 9.83. The molecule has 2 N–H and O–H groups in total. The summed E-state index contributed by atoms with van der Waals surface area (Å²) in [6.45, 7) is -0.143. The summed E-state index contributed by atoms with van der Waals surface area (Å²) in [5, 5.41) is 13.3. The third-order valence-electron chi connectivity index (χ3n) is 6.79. The maximum absolute atomic E-state index is 14.0. The van der Waals surface area contributed by atoms with Crippen molar-refractivity contribution in [1.82, 2.24) is 9.88 Å². The normalized spacial score (nSPS) is 20.2. The van der Waals surface area contributed by atoms with Crippen molar-refractivity contribution in [1.29, 1.82) is 0 Å². The number of nitrogens with one attached hydrogen (secondary N) is 1. The van der Waals surface area contributed by atoms with Crippen LogP contribution in [0.2, 0.25) is 0 Å². The summed E-state index contributed by atoms with van der Waals surface area (Å²) < 4.78 is 15.7. The van der Waals surface area contributed by atoms with Gasteiger partial charge in [0.15, 0.2) is 0 Å². The first-order chi connectivity index (χ1) is 15.0. The van der Waals surface area contributed by atoms with Crippen molar-refractivity contribution in [2.75, 3.05) is 0 Å². The molecule has 1 heterocycles. The number of rotatable bonds is 4. The van der Waals surface area contributed by atoms with E-state index >= 15 is 0 Å². The second-order valence-corrected chi connectivity index (χ2v) is 8.72. The Balaban J connectivity index is 1.36. The van der Waals surface area contributed by atoms with Gasteiger partial charge >= 0.3 is 5.97 Å². The molecule has 160 valence electrons. The molecule has 31 heavy (non-hydrogen) atoms. The molecule has 2 aliphatic carbocycles. The van der Waals surface area contributed by atoms with Crippen LogP contribution in [0, 0.1) is 11.7 Å². The highest BCUT2D eigenvalue weighted by molar-refractivity contribution is 5.87. The molecule has 0 fully saturated rings. The molecule has 0 saturated heterocycles. The average molecular weight is 420 g/mol. The SMILES string of the molecule is O=C(O)Cn1c2c(c3cc(F)ccc31)C[C@@H](NC(=O)C1CCc3ccccc3C1)CC2. The summed E-state index contributed by atoms with van der Waals surface area (Å²) in [7, 11) is 0. The van der Waals surface area contributed by atoms with Crippen LogP contribution in [0.25, 0.3) is 10.9 Å². The van der Waals surface area contributed by atoms with Crippen LogP contribution in [0.3, 0.4) is 0 Å². The molecule has 0 saturated carbocycles. The van der Waals surface area contributed by atoms with Gasteiger partial charge in [0.2, 0.25) is 5.91 Å². The molecule has 5 nitrogen and oxygen atoms in total. The fourth-order valence-electron chi connectivity index (χ4n) is 5.30. The Morgan fingerprint density at radius 2 is 1.87 bits per heavy atom. The Morgan fingerprint density at radius 1 is 1.06 bits per heavy atom. The molecule has 0 radical (unpaired) electrons. The lowest BCUT2D eigenvalue weighted by molar-refractivity contribution is -0.137. The van der Waals surface area contributed by atoms with E-state index in [0.29, 0.717) is 12.8 Å². The van der Waals surface area contributed by atoms with Crippen molar-refractivity contribution in [2.24, 2.45) is 5.92 Å². The van der Waals surface area contributed by atoms with Crippen molar-refractivity contribution >= 4 is 22.8 Å². The van der Waals surface area contributed by atoms with E-state index in [1.807, 2.05) is 12.1 Å². The van der Waals surface area contributed by atoms with E-state index in [1.165, 1.54) is 23.3 Å². The molecule has 5 rings (SSSR count). The molecule has 0 bridgehead atoms. The molecule has 0 spiro atoms. The largest absolute Gasteiger partial charge is 0.480 e. The van der Waals surface area contributed by atoms with Crippen molar-refractivity contribution in [3.63, 3.8) is 0 Å². The number of fused-ring (bicyclic) bond motifs is 4. The van der Waals surface area contributed by atoms with Crippen LogP contribution < -0.4 is 5.32 Å². The van der Waals surface area contributed by atoms with E-state index in [4.69, 9.17) is 0 Å². The first-order valence-electron chi connectivity index (χ1n) is 10.9. The van der Waals surface area contributed by atoms with E-state index in [1.54, 1.807) is 10.6 Å². The van der Waals surface area contributed by atoms with Crippen LogP contribution in [-0.4, -0.2) is 27.6 Å². The molecular weight excluding hydrogens is 395 g/mol. The van der Waals surface area contributed by atoms with Crippen LogP contribution in [0.4, 0.5) is 4.39 Å². The second kappa shape index (κ2) is 7.84. The summed E-state index contributed by atoms with van der Waals surface area (Å²) in [5.74, 6) is -1.20. The number of aryl methyl sites for hydroxylation is 1. The van der Waals surface area contributed by atoms with E-state index in [0.717, 1.165) is 47.8 Å². The predicted octanol–water partition coefficient (Wildman–Crippen LogP) is 3.64. The maximum Gasteiger partial charge on any atom is 0.323 e. The van der Waals surface area contributed by atoms with Crippen LogP contribution in [0.5, 0.6) is 0 Å². The standard InChI is InChI=1S/C25H25FN2O3/c26-18-7-9-22-20(12-18)21-13-19(8-10-23(21)28(22)14-24(29)30)27-25(31)17-6-5-15-3-1-2-4-16(15)11-17/h1-4,7,9,12,17,19H,5-6,8,10-11,13-14H2,(H,27,31)(H,29,30)/t17?,19-/m0/s1. The highest BCUT2D eigenvalue weighted by Crippen LogP contribution is 2.33. The van der Waals surface area contributed by atoms with Gasteiger partial charge in [-0.1, -0.05) is 24.3 Å². The highest BCUT2D eigenvalue weighted by atomic mass is 19.1. The number of carbonyl (C=O) groups is 2. The number of hydrogen-bond acceptors (Lipinski definition) is 2. The maximum atomic E-state index is 14.0. The van der Waals surface area contributed by atoms with Gasteiger partial charge in [0.25, 0.3) is 0 Å². The first kappa shape index (κ1) is 19.8. The minimum absolute atomic E-state index is 0.0238. The Morgan fingerprint density at radius 3 is 2.68 bits per heavy atom. The Kier molecular flexibility index (Phi) is 5.00. The minimum atomic E-state index is -0.919. The zero-order valence-corrected chi connectivity index (χ0v) is 17.2. The van der Waals surface area contributed by atoms with Gasteiger partial charge in [-0.3, -0.25) is 9.59 Å². The summed E-state index contributed by atoms with van der Waals surface area (Å²) in [6, 6.07) is 12.8. The lowest BCUT2D eigenvalue weighted by Crippen LogP contribution is -2.43. The number of carboxylic acids is 1. The fourth-order valence-corrected chi connectivity index (χ4v) is 5.30. The number of benzene rings is 2. The number of carbonyl (C=O) groups excluding carboxylic acids is 1. The molecule has 0 aliphatic heterocycles. The van der Waals surface area contributed by atoms with Gasteiger partial charge in [-0.15, -0.1) is 0 Å². The lowest BCUT2D eigenvalue weighted by Gasteiger charge is -2.29. The van der Waals surface area contributed by atoms with Gasteiger partial charge in [-0.25, -0.2) is 4.39 Å². The van der Waals surface area contributed by atoms with Crippen LogP contribution in [-0.2, 0) is 41.8 Å². The third kappa shape index (κ3) is 3.71. The van der Waals surface area contributed by atoms with Gasteiger partial charge in [-0.2, -0.15) is 0 Å². The molecule has 1 amide bonds. The molecule has 1 unspecified atom stereocenters. The molecule has 2 aromatic carbocycles. The molecule has 2 atom stereocenters. The van der Waals surface area contributed by atoms with E-state index in [9.17, 15) is 19.1 Å². The topological polar surface area (TPSA) is 71.3 Å². The summed E-state index contributed by atoms with van der Waals surface area (Å²) in [5.41, 5.74) is 5.24. The van der Waals surface area contributed by atoms with Crippen molar-refractivity contribution in [2.45, 2.75) is 51.1 Å². The van der Waals surface area contributed by atoms with Crippen molar-refractivity contribution in [3.05, 3.63) is 70.7 Å². The number of nitrogens with zero attached hydrogens (tertiary/aromatic N) is 1. The fraction of sp³-hybridized carbons (Fsp3) is 0.360. The molecule has 3 aromatic rings. The number of amides is 1. The molecule has 2 aliphatic rings. The van der Waals surface area contributed by atoms with Crippen LogP contribution in [0.1, 0.15) is 35.2 Å². The van der Waals surface area contributed by atoms with Gasteiger partial charge < -0.3 is 15.0 Å². The monoisotopic (exact) mass is 420 g/mol.